The number of hydrogen-bond acceptors (Lipinski definition) is 7. The Labute approximate surface area is 163 Å². The molecule has 0 unspecified atom stereocenters. The minimum absolute atomic E-state index is 0.284. The Morgan fingerprint density at radius 2 is 1.92 bits per heavy atom. The van der Waals surface area contributed by atoms with Crippen LogP contribution in [0.3, 0.4) is 0 Å². The molecular weight excluding hydrogens is 394 g/mol. The molecule has 0 bridgehead atoms. The lowest BCUT2D eigenvalue weighted by Crippen LogP contribution is -2.13. The molecule has 134 valence electrons. The average Bonchev–Trinajstić information content (AvgIpc) is 3.26. The van der Waals surface area contributed by atoms with Crippen molar-refractivity contribution in [2.45, 2.75) is 13.5 Å². The van der Waals surface area contributed by atoms with Crippen LogP contribution in [0.15, 0.2) is 41.8 Å². The second kappa shape index (κ2) is 8.44. The number of aromatic nitrogens is 1. The first-order valence-corrected chi connectivity index (χ1v) is 9.68. The zero-order valence-corrected chi connectivity index (χ0v) is 16.1. The van der Waals surface area contributed by atoms with Crippen molar-refractivity contribution in [3.8, 4) is 5.75 Å². The molecule has 0 saturated heterocycles. The summed E-state index contributed by atoms with van der Waals surface area (Å²) in [7, 11) is 0. The van der Waals surface area contributed by atoms with Crippen LogP contribution in [0.1, 0.15) is 30.7 Å². The van der Waals surface area contributed by atoms with Gasteiger partial charge in [0.2, 0.25) is 5.78 Å². The minimum atomic E-state index is -0.567. The molecule has 3 rings (SSSR count). The predicted molar refractivity (Wildman–Crippen MR) is 102 cm³/mol. The third-order valence-electron chi connectivity index (χ3n) is 3.33. The van der Waals surface area contributed by atoms with Gasteiger partial charge in [-0.2, -0.15) is 0 Å². The highest BCUT2D eigenvalue weighted by Gasteiger charge is 2.13. The van der Waals surface area contributed by atoms with Crippen LogP contribution in [0.4, 0.5) is 0 Å². The SMILES string of the molecule is Cc1nc(COc2ccc(C(=O)OCC(=O)c3ccc(Cl)s3)cc2)cs1. The molecule has 2 aromatic heterocycles. The molecule has 0 saturated carbocycles. The Balaban J connectivity index is 1.50. The zero-order valence-electron chi connectivity index (χ0n) is 13.7. The fourth-order valence-electron chi connectivity index (χ4n) is 2.07. The number of ketones is 1. The number of carbonyl (C=O) groups is 2. The van der Waals surface area contributed by atoms with Crippen molar-refractivity contribution >= 4 is 46.0 Å². The molecule has 1 aromatic carbocycles. The molecule has 2 heterocycles. The number of halogens is 1. The third-order valence-corrected chi connectivity index (χ3v) is 5.42. The van der Waals surface area contributed by atoms with Gasteiger partial charge in [0.15, 0.2) is 6.61 Å². The molecule has 0 aliphatic rings. The molecule has 0 aliphatic heterocycles. The highest BCUT2D eigenvalue weighted by Crippen LogP contribution is 2.22. The van der Waals surface area contributed by atoms with Gasteiger partial charge in [-0.05, 0) is 43.3 Å². The highest BCUT2D eigenvalue weighted by molar-refractivity contribution is 7.18. The molecule has 0 radical (unpaired) electrons. The van der Waals surface area contributed by atoms with Crippen LogP contribution in [0.5, 0.6) is 5.75 Å². The summed E-state index contributed by atoms with van der Waals surface area (Å²) in [6.07, 6.45) is 0. The number of carbonyl (C=O) groups excluding carboxylic acids is 2. The predicted octanol–water partition coefficient (Wildman–Crippen LogP) is 4.79. The topological polar surface area (TPSA) is 65.5 Å². The van der Waals surface area contributed by atoms with Gasteiger partial charge in [0.05, 0.1) is 25.5 Å². The second-order valence-electron chi connectivity index (χ2n) is 5.27. The van der Waals surface area contributed by atoms with Crippen LogP contribution in [0, 0.1) is 6.92 Å². The average molecular weight is 408 g/mol. The Kier molecular flexibility index (Phi) is 6.03. The number of aryl methyl sites for hydroxylation is 1. The van der Waals surface area contributed by atoms with E-state index in [-0.39, 0.29) is 12.4 Å². The van der Waals surface area contributed by atoms with Crippen molar-refractivity contribution in [3.63, 3.8) is 0 Å². The Morgan fingerprint density at radius 1 is 1.15 bits per heavy atom. The van der Waals surface area contributed by atoms with Crippen molar-refractivity contribution in [2.75, 3.05) is 6.61 Å². The van der Waals surface area contributed by atoms with Gasteiger partial charge in [-0.1, -0.05) is 11.6 Å². The molecule has 0 atom stereocenters. The number of thiazole rings is 1. The first kappa shape index (κ1) is 18.6. The van der Waals surface area contributed by atoms with Crippen LogP contribution in [-0.2, 0) is 11.3 Å². The molecule has 0 spiro atoms. The monoisotopic (exact) mass is 407 g/mol. The number of hydrogen-bond donors (Lipinski definition) is 0. The van der Waals surface area contributed by atoms with Gasteiger partial charge >= 0.3 is 5.97 Å². The Hall–Kier alpha value is -2.22. The lowest BCUT2D eigenvalue weighted by atomic mass is 10.2. The summed E-state index contributed by atoms with van der Waals surface area (Å²) in [4.78, 5) is 28.7. The van der Waals surface area contributed by atoms with Crippen molar-refractivity contribution in [1.29, 1.82) is 0 Å². The summed E-state index contributed by atoms with van der Waals surface area (Å²) in [6, 6.07) is 9.78. The summed E-state index contributed by atoms with van der Waals surface area (Å²) in [5, 5.41) is 2.93. The van der Waals surface area contributed by atoms with Crippen LogP contribution < -0.4 is 4.74 Å². The van der Waals surface area contributed by atoms with E-state index in [1.807, 2.05) is 12.3 Å². The lowest BCUT2D eigenvalue weighted by molar-refractivity contribution is 0.0476. The number of thiophene rings is 1. The van der Waals surface area contributed by atoms with E-state index in [4.69, 9.17) is 21.1 Å². The summed E-state index contributed by atoms with van der Waals surface area (Å²) in [5.74, 6) is -0.229. The van der Waals surface area contributed by atoms with Crippen molar-refractivity contribution < 1.29 is 19.1 Å². The van der Waals surface area contributed by atoms with E-state index >= 15 is 0 Å². The molecule has 5 nitrogen and oxygen atoms in total. The number of ether oxygens (including phenoxy) is 2. The van der Waals surface area contributed by atoms with Crippen LogP contribution >= 0.6 is 34.3 Å². The summed E-state index contributed by atoms with van der Waals surface area (Å²) >= 11 is 8.51. The fourth-order valence-corrected chi connectivity index (χ4v) is 3.63. The molecule has 0 amide bonds. The maximum Gasteiger partial charge on any atom is 0.338 e. The standard InChI is InChI=1S/C18H14ClNO4S2/c1-11-20-13(10-25-11)8-23-14-4-2-12(3-5-14)18(22)24-9-15(21)16-6-7-17(19)26-16/h2-7,10H,8-9H2,1H3. The van der Waals surface area contributed by atoms with Gasteiger partial charge in [-0.25, -0.2) is 9.78 Å². The molecule has 26 heavy (non-hydrogen) atoms. The lowest BCUT2D eigenvalue weighted by Gasteiger charge is -2.06. The van der Waals surface area contributed by atoms with Crippen LogP contribution in [0.25, 0.3) is 0 Å². The summed E-state index contributed by atoms with van der Waals surface area (Å²) in [6.45, 7) is 1.98. The smallest absolute Gasteiger partial charge is 0.338 e. The van der Waals surface area contributed by atoms with Gasteiger partial charge in [-0.3, -0.25) is 4.79 Å². The minimum Gasteiger partial charge on any atom is -0.487 e. The summed E-state index contributed by atoms with van der Waals surface area (Å²) in [5.41, 5.74) is 1.21. The molecule has 0 N–H and O–H groups in total. The first-order chi connectivity index (χ1) is 12.5. The number of rotatable bonds is 7. The number of benzene rings is 1. The maximum absolute atomic E-state index is 12.0. The van der Waals surface area contributed by atoms with Crippen molar-refractivity contribution in [2.24, 2.45) is 0 Å². The first-order valence-electron chi connectivity index (χ1n) is 7.61. The van der Waals surface area contributed by atoms with Gasteiger partial charge < -0.3 is 9.47 Å². The third kappa shape index (κ3) is 4.91. The van der Waals surface area contributed by atoms with Crippen molar-refractivity contribution in [3.05, 3.63) is 67.3 Å². The number of esters is 1. The van der Waals surface area contributed by atoms with E-state index in [9.17, 15) is 9.59 Å². The fraction of sp³-hybridized carbons (Fsp3) is 0.167. The number of nitrogens with zero attached hydrogens (tertiary/aromatic N) is 1. The second-order valence-corrected chi connectivity index (χ2v) is 8.05. The molecule has 8 heteroatoms. The molecule has 0 fully saturated rings. The number of Topliss-reactive ketones (excluding diaryl/α,β-unsaturated/α-hetero) is 1. The molecule has 0 aliphatic carbocycles. The zero-order chi connectivity index (χ0) is 18.5. The maximum atomic E-state index is 12.0. The van der Waals surface area contributed by atoms with Crippen LogP contribution in [-0.4, -0.2) is 23.3 Å². The van der Waals surface area contributed by atoms with Gasteiger partial charge in [-0.15, -0.1) is 22.7 Å². The molecular formula is C18H14ClNO4S2. The van der Waals surface area contributed by atoms with Crippen LogP contribution in [0.2, 0.25) is 4.34 Å². The van der Waals surface area contributed by atoms with Crippen molar-refractivity contribution in [1.82, 2.24) is 4.98 Å². The van der Waals surface area contributed by atoms with E-state index in [2.05, 4.69) is 4.98 Å². The molecule has 3 aromatic rings. The van der Waals surface area contributed by atoms with E-state index in [1.165, 1.54) is 0 Å². The Morgan fingerprint density at radius 3 is 2.54 bits per heavy atom. The normalized spacial score (nSPS) is 10.5. The highest BCUT2D eigenvalue weighted by atomic mass is 35.5. The van der Waals surface area contributed by atoms with E-state index in [1.54, 1.807) is 47.7 Å². The van der Waals surface area contributed by atoms with E-state index in [0.717, 1.165) is 22.0 Å². The van der Waals surface area contributed by atoms with E-state index in [0.29, 0.717) is 27.1 Å². The van der Waals surface area contributed by atoms with Gasteiger partial charge in [0.1, 0.15) is 12.4 Å². The van der Waals surface area contributed by atoms with E-state index < -0.39 is 5.97 Å². The van der Waals surface area contributed by atoms with Gasteiger partial charge in [0.25, 0.3) is 0 Å². The Bertz CT molecular complexity index is 917. The summed E-state index contributed by atoms with van der Waals surface area (Å²) < 4.78 is 11.2. The van der Waals surface area contributed by atoms with Gasteiger partial charge in [0, 0.05) is 5.38 Å². The largest absolute Gasteiger partial charge is 0.487 e. The quantitative estimate of drug-likeness (QED) is 0.416.